The Kier molecular flexibility index (Phi) is 5.91. The van der Waals surface area contributed by atoms with Gasteiger partial charge in [0.25, 0.3) is 0 Å². The lowest BCUT2D eigenvalue weighted by molar-refractivity contribution is -0.116. The number of anilines is 1. The maximum absolute atomic E-state index is 13.1. The van der Waals surface area contributed by atoms with Gasteiger partial charge >= 0.3 is 0 Å². The average molecular weight is 399 g/mol. The number of furan rings is 1. The number of nitrogens with zero attached hydrogens (tertiary/aromatic N) is 2. The Hall–Kier alpha value is -2.97. The fraction of sp³-hybridized carbons (Fsp3) is 0.200. The van der Waals surface area contributed by atoms with E-state index in [4.69, 9.17) is 4.42 Å². The van der Waals surface area contributed by atoms with Gasteiger partial charge in [-0.05, 0) is 50.2 Å². The molecule has 0 aliphatic carbocycles. The summed E-state index contributed by atoms with van der Waals surface area (Å²) in [7, 11) is -3.90. The molecule has 0 bridgehead atoms. The SMILES string of the molecule is Cc1ccc(S(=O)(=O)N(CC(=O)Nc2cccc(C)n2)Cc2ccco2)cc1. The summed E-state index contributed by atoms with van der Waals surface area (Å²) >= 11 is 0. The smallest absolute Gasteiger partial charge is 0.243 e. The van der Waals surface area contributed by atoms with Crippen molar-refractivity contribution in [1.82, 2.24) is 9.29 Å². The van der Waals surface area contributed by atoms with Crippen LogP contribution >= 0.6 is 0 Å². The number of carbonyl (C=O) groups excluding carboxylic acids is 1. The summed E-state index contributed by atoms with van der Waals surface area (Å²) in [5.41, 5.74) is 1.69. The van der Waals surface area contributed by atoms with Crippen LogP contribution in [0.1, 0.15) is 17.0 Å². The number of aryl methyl sites for hydroxylation is 2. The first-order valence-corrected chi connectivity index (χ1v) is 10.1. The van der Waals surface area contributed by atoms with Gasteiger partial charge in [0.05, 0.1) is 24.2 Å². The maximum atomic E-state index is 13.1. The summed E-state index contributed by atoms with van der Waals surface area (Å²) in [4.78, 5) is 16.8. The molecular weight excluding hydrogens is 378 g/mol. The van der Waals surface area contributed by atoms with Crippen molar-refractivity contribution in [2.24, 2.45) is 0 Å². The lowest BCUT2D eigenvalue weighted by Gasteiger charge is -2.21. The van der Waals surface area contributed by atoms with Crippen LogP contribution in [0.25, 0.3) is 0 Å². The van der Waals surface area contributed by atoms with E-state index in [1.165, 1.54) is 18.4 Å². The number of hydrogen-bond acceptors (Lipinski definition) is 5. The molecule has 3 aromatic rings. The van der Waals surface area contributed by atoms with E-state index >= 15 is 0 Å². The molecule has 146 valence electrons. The van der Waals surface area contributed by atoms with Crippen molar-refractivity contribution >= 4 is 21.7 Å². The summed E-state index contributed by atoms with van der Waals surface area (Å²) in [5, 5.41) is 2.64. The van der Waals surface area contributed by atoms with Gasteiger partial charge in [-0.25, -0.2) is 13.4 Å². The molecule has 7 nitrogen and oxygen atoms in total. The molecule has 0 unspecified atom stereocenters. The maximum Gasteiger partial charge on any atom is 0.243 e. The monoisotopic (exact) mass is 399 g/mol. The minimum absolute atomic E-state index is 0.0577. The minimum atomic E-state index is -3.90. The number of rotatable bonds is 7. The summed E-state index contributed by atoms with van der Waals surface area (Å²) in [6.07, 6.45) is 1.46. The highest BCUT2D eigenvalue weighted by molar-refractivity contribution is 7.89. The first-order valence-electron chi connectivity index (χ1n) is 8.67. The summed E-state index contributed by atoms with van der Waals surface area (Å²) in [5.74, 6) is 0.327. The van der Waals surface area contributed by atoms with Crippen LogP contribution in [0.2, 0.25) is 0 Å². The third-order valence-electron chi connectivity index (χ3n) is 4.05. The number of hydrogen-bond donors (Lipinski definition) is 1. The summed E-state index contributed by atoms with van der Waals surface area (Å²) < 4.78 is 32.6. The predicted octanol–water partition coefficient (Wildman–Crippen LogP) is 3.12. The third-order valence-corrected chi connectivity index (χ3v) is 5.85. The molecule has 3 rings (SSSR count). The van der Waals surface area contributed by atoms with E-state index in [2.05, 4.69) is 10.3 Å². The normalized spacial score (nSPS) is 11.5. The Labute approximate surface area is 164 Å². The Bertz CT molecular complexity index is 1050. The Morgan fingerprint density at radius 2 is 1.82 bits per heavy atom. The molecule has 1 N–H and O–H groups in total. The second kappa shape index (κ2) is 8.37. The Morgan fingerprint density at radius 3 is 2.46 bits per heavy atom. The number of benzene rings is 1. The number of carbonyl (C=O) groups is 1. The first kappa shape index (κ1) is 19.8. The van der Waals surface area contributed by atoms with Gasteiger partial charge in [0.2, 0.25) is 15.9 Å². The molecule has 8 heteroatoms. The summed E-state index contributed by atoms with van der Waals surface area (Å²) in [6, 6.07) is 15.0. The molecule has 28 heavy (non-hydrogen) atoms. The highest BCUT2D eigenvalue weighted by atomic mass is 32.2. The molecule has 0 saturated carbocycles. The summed E-state index contributed by atoms with van der Waals surface area (Å²) in [6.45, 7) is 3.25. The quantitative estimate of drug-likeness (QED) is 0.659. The van der Waals surface area contributed by atoms with Crippen LogP contribution in [-0.4, -0.2) is 30.2 Å². The highest BCUT2D eigenvalue weighted by Gasteiger charge is 2.27. The van der Waals surface area contributed by atoms with Gasteiger partial charge in [-0.1, -0.05) is 23.8 Å². The van der Waals surface area contributed by atoms with E-state index in [-0.39, 0.29) is 18.0 Å². The van der Waals surface area contributed by atoms with E-state index in [1.807, 2.05) is 6.92 Å². The lowest BCUT2D eigenvalue weighted by Crippen LogP contribution is -2.37. The van der Waals surface area contributed by atoms with E-state index in [0.717, 1.165) is 15.6 Å². The van der Waals surface area contributed by atoms with Crippen molar-refractivity contribution in [3.05, 3.63) is 77.9 Å². The van der Waals surface area contributed by atoms with Crippen LogP contribution in [0.15, 0.2) is 70.2 Å². The highest BCUT2D eigenvalue weighted by Crippen LogP contribution is 2.19. The van der Waals surface area contributed by atoms with E-state index in [9.17, 15) is 13.2 Å². The zero-order chi connectivity index (χ0) is 20.1. The zero-order valence-corrected chi connectivity index (χ0v) is 16.4. The molecule has 2 aromatic heterocycles. The predicted molar refractivity (Wildman–Crippen MR) is 105 cm³/mol. The van der Waals surface area contributed by atoms with Crippen molar-refractivity contribution in [3.63, 3.8) is 0 Å². The van der Waals surface area contributed by atoms with Crippen LogP contribution in [0, 0.1) is 13.8 Å². The van der Waals surface area contributed by atoms with Crippen molar-refractivity contribution in [1.29, 1.82) is 0 Å². The molecule has 0 aliphatic heterocycles. The van der Waals surface area contributed by atoms with Crippen molar-refractivity contribution in [2.75, 3.05) is 11.9 Å². The molecule has 0 aliphatic rings. The fourth-order valence-corrected chi connectivity index (χ4v) is 3.98. The van der Waals surface area contributed by atoms with Crippen LogP contribution < -0.4 is 5.32 Å². The number of nitrogens with one attached hydrogen (secondary N) is 1. The molecule has 1 aromatic carbocycles. The second-order valence-electron chi connectivity index (χ2n) is 6.38. The lowest BCUT2D eigenvalue weighted by atomic mass is 10.2. The van der Waals surface area contributed by atoms with Gasteiger partial charge in [-0.15, -0.1) is 0 Å². The fourth-order valence-electron chi connectivity index (χ4n) is 2.62. The molecule has 0 fully saturated rings. The molecule has 0 radical (unpaired) electrons. The van der Waals surface area contributed by atoms with Gasteiger partial charge < -0.3 is 9.73 Å². The van der Waals surface area contributed by atoms with E-state index in [0.29, 0.717) is 11.6 Å². The number of pyridine rings is 1. The molecule has 2 heterocycles. The third kappa shape index (κ3) is 4.85. The molecule has 0 spiro atoms. The Morgan fingerprint density at radius 1 is 1.07 bits per heavy atom. The van der Waals surface area contributed by atoms with Crippen molar-refractivity contribution in [2.45, 2.75) is 25.3 Å². The van der Waals surface area contributed by atoms with Gasteiger partial charge in [-0.3, -0.25) is 4.79 Å². The zero-order valence-electron chi connectivity index (χ0n) is 15.6. The van der Waals surface area contributed by atoms with E-state index in [1.54, 1.807) is 49.4 Å². The van der Waals surface area contributed by atoms with Crippen LogP contribution in [0.5, 0.6) is 0 Å². The van der Waals surface area contributed by atoms with Crippen LogP contribution in [0.3, 0.4) is 0 Å². The first-order chi connectivity index (χ1) is 13.3. The minimum Gasteiger partial charge on any atom is -0.468 e. The second-order valence-corrected chi connectivity index (χ2v) is 8.32. The molecule has 1 amide bonds. The van der Waals surface area contributed by atoms with Crippen LogP contribution in [0.4, 0.5) is 5.82 Å². The van der Waals surface area contributed by atoms with Crippen molar-refractivity contribution in [3.8, 4) is 0 Å². The number of sulfonamides is 1. The largest absolute Gasteiger partial charge is 0.468 e. The number of amides is 1. The average Bonchev–Trinajstić information content (AvgIpc) is 3.14. The van der Waals surface area contributed by atoms with E-state index < -0.39 is 15.9 Å². The van der Waals surface area contributed by atoms with Crippen LogP contribution in [-0.2, 0) is 21.4 Å². The van der Waals surface area contributed by atoms with Gasteiger partial charge in [0.1, 0.15) is 11.6 Å². The van der Waals surface area contributed by atoms with Gasteiger partial charge in [0, 0.05) is 5.69 Å². The van der Waals surface area contributed by atoms with Gasteiger partial charge in [-0.2, -0.15) is 4.31 Å². The standard InChI is InChI=1S/C20H21N3O4S/c1-15-8-10-18(11-9-15)28(25,26)23(13-17-6-4-12-27-17)14-20(24)22-19-7-3-5-16(2)21-19/h3-12H,13-14H2,1-2H3,(H,21,22,24). The topological polar surface area (TPSA) is 92.5 Å². The van der Waals surface area contributed by atoms with Gasteiger partial charge in [0.15, 0.2) is 0 Å². The molecule has 0 saturated heterocycles. The molecular formula is C20H21N3O4S. The van der Waals surface area contributed by atoms with Crippen molar-refractivity contribution < 1.29 is 17.6 Å². The Balaban J connectivity index is 1.84. The molecule has 0 atom stereocenters. The number of aromatic nitrogens is 1.